The lowest BCUT2D eigenvalue weighted by atomic mass is 9.98. The third kappa shape index (κ3) is 4.07. The molecule has 2 amide bonds. The van der Waals surface area contributed by atoms with Gasteiger partial charge in [-0.1, -0.05) is 37.6 Å². The maximum absolute atomic E-state index is 12.6. The Morgan fingerprint density at radius 3 is 2.46 bits per heavy atom. The highest BCUT2D eigenvalue weighted by Gasteiger charge is 2.35. The van der Waals surface area contributed by atoms with Crippen LogP contribution in [0.3, 0.4) is 0 Å². The molecule has 0 radical (unpaired) electrons. The predicted octanol–water partition coefficient (Wildman–Crippen LogP) is 4.85. The van der Waals surface area contributed by atoms with Gasteiger partial charge in [0.1, 0.15) is 0 Å². The van der Waals surface area contributed by atoms with Crippen molar-refractivity contribution < 1.29 is 9.59 Å². The van der Waals surface area contributed by atoms with Gasteiger partial charge in [-0.05, 0) is 54.3 Å². The lowest BCUT2D eigenvalue weighted by molar-refractivity contribution is -0.122. The van der Waals surface area contributed by atoms with Crippen molar-refractivity contribution in [1.82, 2.24) is 0 Å². The van der Waals surface area contributed by atoms with E-state index in [0.29, 0.717) is 17.5 Å². The Bertz CT molecular complexity index is 787. The molecular formula is C21H23ClN2O2. The fraction of sp³-hybridized carbons (Fsp3) is 0.333. The summed E-state index contributed by atoms with van der Waals surface area (Å²) in [5.74, 6) is -0.0155. The van der Waals surface area contributed by atoms with Crippen molar-refractivity contribution in [3.05, 3.63) is 59.1 Å². The van der Waals surface area contributed by atoms with E-state index in [1.54, 1.807) is 29.2 Å². The number of rotatable bonds is 5. The van der Waals surface area contributed by atoms with E-state index in [-0.39, 0.29) is 24.2 Å². The molecule has 1 N–H and O–H groups in total. The zero-order chi connectivity index (χ0) is 18.7. The number of benzene rings is 2. The van der Waals surface area contributed by atoms with Gasteiger partial charge in [-0.3, -0.25) is 9.59 Å². The first-order valence-electron chi connectivity index (χ1n) is 8.94. The molecule has 1 saturated heterocycles. The van der Waals surface area contributed by atoms with E-state index < -0.39 is 0 Å². The summed E-state index contributed by atoms with van der Waals surface area (Å²) in [6, 6.07) is 15.0. The SMILES string of the molecule is CC[C@@H](C)c1ccc(NC(=O)[C@H]2CC(=O)N(c3ccc(Cl)cc3)C2)cc1. The lowest BCUT2D eigenvalue weighted by Gasteiger charge is -2.17. The summed E-state index contributed by atoms with van der Waals surface area (Å²) in [6.07, 6.45) is 1.30. The van der Waals surface area contributed by atoms with Crippen molar-refractivity contribution in [2.45, 2.75) is 32.6 Å². The highest BCUT2D eigenvalue weighted by molar-refractivity contribution is 6.30. The summed E-state index contributed by atoms with van der Waals surface area (Å²) in [6.45, 7) is 4.73. The molecule has 26 heavy (non-hydrogen) atoms. The van der Waals surface area contributed by atoms with Crippen LogP contribution in [-0.2, 0) is 9.59 Å². The monoisotopic (exact) mass is 370 g/mol. The number of carbonyl (C=O) groups excluding carboxylic acids is 2. The van der Waals surface area contributed by atoms with Crippen LogP contribution in [0.15, 0.2) is 48.5 Å². The van der Waals surface area contributed by atoms with Crippen molar-refractivity contribution in [2.75, 3.05) is 16.8 Å². The second-order valence-electron chi connectivity index (χ2n) is 6.80. The molecule has 3 rings (SSSR count). The molecule has 0 aliphatic carbocycles. The van der Waals surface area contributed by atoms with Gasteiger partial charge in [0.05, 0.1) is 5.92 Å². The Labute approximate surface area is 159 Å². The average Bonchev–Trinajstić information content (AvgIpc) is 3.04. The molecule has 136 valence electrons. The van der Waals surface area contributed by atoms with Crippen molar-refractivity contribution in [1.29, 1.82) is 0 Å². The Morgan fingerprint density at radius 2 is 1.85 bits per heavy atom. The molecule has 0 unspecified atom stereocenters. The topological polar surface area (TPSA) is 49.4 Å². The molecule has 2 aromatic rings. The molecule has 0 spiro atoms. The number of carbonyl (C=O) groups is 2. The summed E-state index contributed by atoms with van der Waals surface area (Å²) >= 11 is 5.90. The van der Waals surface area contributed by atoms with Crippen LogP contribution in [-0.4, -0.2) is 18.4 Å². The van der Waals surface area contributed by atoms with Gasteiger partial charge in [-0.2, -0.15) is 0 Å². The van der Waals surface area contributed by atoms with Crippen LogP contribution in [0.2, 0.25) is 5.02 Å². The summed E-state index contributed by atoms with van der Waals surface area (Å²) in [4.78, 5) is 26.5. The van der Waals surface area contributed by atoms with Gasteiger partial charge in [0, 0.05) is 29.4 Å². The number of nitrogens with one attached hydrogen (secondary N) is 1. The number of anilines is 2. The van der Waals surface area contributed by atoms with Gasteiger partial charge in [0.2, 0.25) is 11.8 Å². The number of amides is 2. The van der Waals surface area contributed by atoms with E-state index in [1.807, 2.05) is 24.3 Å². The highest BCUT2D eigenvalue weighted by atomic mass is 35.5. The van der Waals surface area contributed by atoms with Crippen molar-refractivity contribution >= 4 is 34.8 Å². The Balaban J connectivity index is 1.63. The van der Waals surface area contributed by atoms with Gasteiger partial charge in [0.15, 0.2) is 0 Å². The van der Waals surface area contributed by atoms with E-state index in [4.69, 9.17) is 11.6 Å². The molecule has 2 atom stereocenters. The molecular weight excluding hydrogens is 348 g/mol. The van der Waals surface area contributed by atoms with E-state index in [2.05, 4.69) is 19.2 Å². The minimum absolute atomic E-state index is 0.0420. The van der Waals surface area contributed by atoms with Crippen molar-refractivity contribution in [2.24, 2.45) is 5.92 Å². The minimum atomic E-state index is -0.354. The number of hydrogen-bond acceptors (Lipinski definition) is 2. The number of nitrogens with zero attached hydrogens (tertiary/aromatic N) is 1. The molecule has 0 aromatic heterocycles. The normalized spacial score (nSPS) is 18.0. The minimum Gasteiger partial charge on any atom is -0.326 e. The van der Waals surface area contributed by atoms with Crippen LogP contribution in [0.4, 0.5) is 11.4 Å². The summed E-state index contributed by atoms with van der Waals surface area (Å²) in [5, 5.41) is 3.55. The maximum Gasteiger partial charge on any atom is 0.229 e. The zero-order valence-corrected chi connectivity index (χ0v) is 15.8. The zero-order valence-electron chi connectivity index (χ0n) is 15.0. The summed E-state index contributed by atoms with van der Waals surface area (Å²) in [7, 11) is 0. The van der Waals surface area contributed by atoms with Crippen molar-refractivity contribution in [3.63, 3.8) is 0 Å². The van der Waals surface area contributed by atoms with Crippen LogP contribution in [0.25, 0.3) is 0 Å². The molecule has 1 aliphatic heterocycles. The maximum atomic E-state index is 12.6. The fourth-order valence-electron chi connectivity index (χ4n) is 3.13. The first-order valence-corrected chi connectivity index (χ1v) is 9.32. The Morgan fingerprint density at radius 1 is 1.19 bits per heavy atom. The quantitative estimate of drug-likeness (QED) is 0.818. The standard InChI is InChI=1S/C21H23ClN2O2/c1-3-14(2)15-4-8-18(9-5-15)23-21(26)16-12-20(25)24(13-16)19-10-6-17(22)7-11-19/h4-11,14,16H,3,12-13H2,1-2H3,(H,23,26)/t14-,16+/m1/s1. The van der Waals surface area contributed by atoms with E-state index in [1.165, 1.54) is 5.56 Å². The second-order valence-corrected chi connectivity index (χ2v) is 7.24. The fourth-order valence-corrected chi connectivity index (χ4v) is 3.25. The summed E-state index contributed by atoms with van der Waals surface area (Å²) in [5.41, 5.74) is 2.79. The Kier molecular flexibility index (Phi) is 5.62. The van der Waals surface area contributed by atoms with Gasteiger partial charge in [0.25, 0.3) is 0 Å². The third-order valence-corrected chi connectivity index (χ3v) is 5.25. The largest absolute Gasteiger partial charge is 0.326 e. The van der Waals surface area contributed by atoms with Crippen LogP contribution in [0.1, 0.15) is 38.2 Å². The predicted molar refractivity (Wildman–Crippen MR) is 106 cm³/mol. The van der Waals surface area contributed by atoms with Crippen LogP contribution < -0.4 is 10.2 Å². The van der Waals surface area contributed by atoms with Crippen LogP contribution in [0.5, 0.6) is 0 Å². The second kappa shape index (κ2) is 7.92. The van der Waals surface area contributed by atoms with Gasteiger partial charge in [-0.25, -0.2) is 0 Å². The molecule has 4 nitrogen and oxygen atoms in total. The first-order chi connectivity index (χ1) is 12.5. The molecule has 1 fully saturated rings. The van der Waals surface area contributed by atoms with E-state index >= 15 is 0 Å². The highest BCUT2D eigenvalue weighted by Crippen LogP contribution is 2.27. The molecule has 0 bridgehead atoms. The Hall–Kier alpha value is -2.33. The molecule has 1 aliphatic rings. The molecule has 2 aromatic carbocycles. The van der Waals surface area contributed by atoms with Gasteiger partial charge < -0.3 is 10.2 Å². The average molecular weight is 371 g/mol. The van der Waals surface area contributed by atoms with E-state index in [0.717, 1.165) is 17.8 Å². The third-order valence-electron chi connectivity index (χ3n) is 4.99. The van der Waals surface area contributed by atoms with Crippen LogP contribution >= 0.6 is 11.6 Å². The van der Waals surface area contributed by atoms with Gasteiger partial charge in [-0.15, -0.1) is 0 Å². The molecule has 0 saturated carbocycles. The smallest absolute Gasteiger partial charge is 0.229 e. The van der Waals surface area contributed by atoms with Crippen molar-refractivity contribution in [3.8, 4) is 0 Å². The molecule has 1 heterocycles. The van der Waals surface area contributed by atoms with E-state index in [9.17, 15) is 9.59 Å². The van der Waals surface area contributed by atoms with Crippen LogP contribution in [0, 0.1) is 5.92 Å². The number of halogens is 1. The summed E-state index contributed by atoms with van der Waals surface area (Å²) < 4.78 is 0. The lowest BCUT2D eigenvalue weighted by Crippen LogP contribution is -2.28. The first kappa shape index (κ1) is 18.5. The van der Waals surface area contributed by atoms with Gasteiger partial charge >= 0.3 is 0 Å². The molecule has 5 heteroatoms. The number of hydrogen-bond donors (Lipinski definition) is 1.